The maximum absolute atomic E-state index is 12.5. The highest BCUT2D eigenvalue weighted by atomic mass is 35.5. The number of aryl methyl sites for hydroxylation is 1. The predicted octanol–water partition coefficient (Wildman–Crippen LogP) is 4.24. The van der Waals surface area contributed by atoms with E-state index in [0.29, 0.717) is 5.69 Å². The lowest BCUT2D eigenvalue weighted by Gasteiger charge is -2.22. The number of rotatable bonds is 7. The average Bonchev–Trinajstić information content (AvgIpc) is 2.62. The third-order valence-electron chi connectivity index (χ3n) is 4.17. The molecule has 2 atom stereocenters. The Balaban J connectivity index is 2.07. The van der Waals surface area contributed by atoms with Crippen molar-refractivity contribution < 1.29 is 14.5 Å². The van der Waals surface area contributed by atoms with E-state index in [4.69, 9.17) is 16.3 Å². The Morgan fingerprint density at radius 3 is 2.52 bits per heavy atom. The van der Waals surface area contributed by atoms with Gasteiger partial charge in [0, 0.05) is 23.7 Å². The summed E-state index contributed by atoms with van der Waals surface area (Å²) < 4.78 is 5.39. The van der Waals surface area contributed by atoms with Crippen LogP contribution in [-0.2, 0) is 4.79 Å². The first-order valence-corrected chi connectivity index (χ1v) is 8.76. The van der Waals surface area contributed by atoms with Crippen molar-refractivity contribution in [2.24, 2.45) is 0 Å². The fourth-order valence-corrected chi connectivity index (χ4v) is 2.91. The summed E-state index contributed by atoms with van der Waals surface area (Å²) in [5.41, 5.74) is 2.23. The minimum absolute atomic E-state index is 0.109. The molecule has 2 unspecified atom stereocenters. The number of carbonyl (C=O) groups is 1. The monoisotopic (exact) mass is 391 g/mol. The summed E-state index contributed by atoms with van der Waals surface area (Å²) in [7, 11) is 1.60. The molecule has 0 aliphatic carbocycles. The second-order valence-electron chi connectivity index (χ2n) is 6.27. The molecule has 0 heterocycles. The van der Waals surface area contributed by atoms with Gasteiger partial charge in [-0.25, -0.2) is 0 Å². The molecule has 0 aliphatic heterocycles. The van der Waals surface area contributed by atoms with Gasteiger partial charge in [0.15, 0.2) is 0 Å². The van der Waals surface area contributed by atoms with Gasteiger partial charge in [-0.15, -0.1) is 0 Å². The van der Waals surface area contributed by atoms with Gasteiger partial charge in [0.05, 0.1) is 28.8 Å². The number of nitrogens with one attached hydrogen (secondary N) is 2. The van der Waals surface area contributed by atoms with E-state index < -0.39 is 11.0 Å². The van der Waals surface area contributed by atoms with E-state index in [9.17, 15) is 14.9 Å². The van der Waals surface area contributed by atoms with E-state index >= 15 is 0 Å². The van der Waals surface area contributed by atoms with Crippen LogP contribution in [0.3, 0.4) is 0 Å². The summed E-state index contributed by atoms with van der Waals surface area (Å²) in [6, 6.07) is 9.11. The Labute approximate surface area is 162 Å². The molecule has 0 spiro atoms. The van der Waals surface area contributed by atoms with Gasteiger partial charge < -0.3 is 10.1 Å². The minimum atomic E-state index is -0.543. The summed E-state index contributed by atoms with van der Waals surface area (Å²) in [5.74, 6) is 0.441. The number of hydrogen-bond donors (Lipinski definition) is 2. The second kappa shape index (κ2) is 8.83. The molecule has 0 aliphatic rings. The zero-order valence-electron chi connectivity index (χ0n) is 15.6. The lowest BCUT2D eigenvalue weighted by Crippen LogP contribution is -2.39. The van der Waals surface area contributed by atoms with Crippen molar-refractivity contribution in [3.05, 3.63) is 62.7 Å². The van der Waals surface area contributed by atoms with Gasteiger partial charge in [-0.2, -0.15) is 0 Å². The fourth-order valence-electron chi connectivity index (χ4n) is 2.69. The molecule has 8 heteroatoms. The Morgan fingerprint density at radius 1 is 1.22 bits per heavy atom. The number of methoxy groups -OCH3 is 1. The number of nitro benzene ring substituents is 1. The van der Waals surface area contributed by atoms with Crippen LogP contribution >= 0.6 is 11.6 Å². The predicted molar refractivity (Wildman–Crippen MR) is 105 cm³/mol. The largest absolute Gasteiger partial charge is 0.496 e. The van der Waals surface area contributed by atoms with Crippen LogP contribution in [0.4, 0.5) is 11.4 Å². The van der Waals surface area contributed by atoms with Crippen LogP contribution in [0.25, 0.3) is 0 Å². The van der Waals surface area contributed by atoms with E-state index in [-0.39, 0.29) is 22.7 Å². The van der Waals surface area contributed by atoms with E-state index in [1.165, 1.54) is 18.2 Å². The fraction of sp³-hybridized carbons (Fsp3) is 0.316. The third kappa shape index (κ3) is 5.18. The summed E-state index contributed by atoms with van der Waals surface area (Å²) in [5, 5.41) is 16.8. The molecule has 0 aromatic heterocycles. The standard InChI is InChI=1S/C19H22ClN3O4/c1-11-5-8-18(27-4)15(9-11)12(2)21-13(3)19(24)22-17-7-6-14(23(25)26)10-16(17)20/h5-10,12-13,21H,1-4H3,(H,22,24). The normalized spacial score (nSPS) is 12.9. The van der Waals surface area contributed by atoms with Crippen molar-refractivity contribution in [3.63, 3.8) is 0 Å². The Kier molecular flexibility index (Phi) is 6.76. The van der Waals surface area contributed by atoms with Gasteiger partial charge in [-0.05, 0) is 32.9 Å². The lowest BCUT2D eigenvalue weighted by atomic mass is 10.0. The van der Waals surface area contributed by atoms with Crippen LogP contribution < -0.4 is 15.4 Å². The molecule has 0 saturated heterocycles. The Hall–Kier alpha value is -2.64. The number of nitrogens with zero attached hydrogens (tertiary/aromatic N) is 1. The third-order valence-corrected chi connectivity index (χ3v) is 4.48. The van der Waals surface area contributed by atoms with Crippen LogP contribution in [-0.4, -0.2) is 24.0 Å². The molecule has 27 heavy (non-hydrogen) atoms. The number of hydrogen-bond acceptors (Lipinski definition) is 5. The highest BCUT2D eigenvalue weighted by molar-refractivity contribution is 6.34. The maximum Gasteiger partial charge on any atom is 0.271 e. The zero-order valence-corrected chi connectivity index (χ0v) is 16.3. The summed E-state index contributed by atoms with van der Waals surface area (Å²) in [6.45, 7) is 5.66. The van der Waals surface area contributed by atoms with Gasteiger partial charge in [0.1, 0.15) is 5.75 Å². The number of non-ortho nitro benzene ring substituents is 1. The van der Waals surface area contributed by atoms with Crippen molar-refractivity contribution >= 4 is 28.9 Å². The first-order chi connectivity index (χ1) is 12.7. The number of anilines is 1. The number of nitro groups is 1. The summed E-state index contributed by atoms with van der Waals surface area (Å²) in [4.78, 5) is 22.7. The number of ether oxygens (including phenoxy) is 1. The van der Waals surface area contributed by atoms with Crippen molar-refractivity contribution in [3.8, 4) is 5.75 Å². The van der Waals surface area contributed by atoms with Crippen LogP contribution in [0.1, 0.15) is 31.0 Å². The first kappa shape index (κ1) is 20.7. The molecular formula is C19H22ClN3O4. The molecule has 0 fully saturated rings. The average molecular weight is 392 g/mol. The van der Waals surface area contributed by atoms with E-state index in [2.05, 4.69) is 10.6 Å². The van der Waals surface area contributed by atoms with Crippen LogP contribution in [0.5, 0.6) is 5.75 Å². The lowest BCUT2D eigenvalue weighted by molar-refractivity contribution is -0.384. The molecule has 7 nitrogen and oxygen atoms in total. The molecule has 2 N–H and O–H groups in total. The molecule has 144 valence electrons. The van der Waals surface area contributed by atoms with Gasteiger partial charge in [0.25, 0.3) is 5.69 Å². The van der Waals surface area contributed by atoms with Gasteiger partial charge in [-0.1, -0.05) is 29.3 Å². The van der Waals surface area contributed by atoms with Crippen molar-refractivity contribution in [1.82, 2.24) is 5.32 Å². The number of halogens is 1. The molecule has 2 rings (SSSR count). The van der Waals surface area contributed by atoms with Crippen molar-refractivity contribution in [1.29, 1.82) is 0 Å². The summed E-state index contributed by atoms with van der Waals surface area (Å²) in [6.07, 6.45) is 0. The minimum Gasteiger partial charge on any atom is -0.496 e. The maximum atomic E-state index is 12.5. The van der Waals surface area contributed by atoms with Crippen LogP contribution in [0.2, 0.25) is 5.02 Å². The molecule has 0 saturated carbocycles. The van der Waals surface area contributed by atoms with E-state index in [1.807, 2.05) is 32.0 Å². The van der Waals surface area contributed by atoms with E-state index in [0.717, 1.165) is 16.9 Å². The smallest absolute Gasteiger partial charge is 0.271 e. The SMILES string of the molecule is COc1ccc(C)cc1C(C)NC(C)C(=O)Nc1ccc([N+](=O)[O-])cc1Cl. The zero-order chi connectivity index (χ0) is 20.1. The molecule has 1 amide bonds. The van der Waals surface area contributed by atoms with Crippen LogP contribution in [0.15, 0.2) is 36.4 Å². The Bertz CT molecular complexity index is 857. The van der Waals surface area contributed by atoms with Crippen LogP contribution in [0, 0.1) is 17.0 Å². The van der Waals surface area contributed by atoms with Gasteiger partial charge in [0.2, 0.25) is 5.91 Å². The number of benzene rings is 2. The molecule has 2 aromatic carbocycles. The quantitative estimate of drug-likeness (QED) is 0.543. The number of carbonyl (C=O) groups excluding carboxylic acids is 1. The Morgan fingerprint density at radius 2 is 1.93 bits per heavy atom. The molecule has 0 radical (unpaired) electrons. The highest BCUT2D eigenvalue weighted by Crippen LogP contribution is 2.28. The first-order valence-electron chi connectivity index (χ1n) is 8.38. The van der Waals surface area contributed by atoms with Crippen molar-refractivity contribution in [2.75, 3.05) is 12.4 Å². The highest BCUT2D eigenvalue weighted by Gasteiger charge is 2.20. The van der Waals surface area contributed by atoms with Crippen molar-refractivity contribution in [2.45, 2.75) is 32.9 Å². The second-order valence-corrected chi connectivity index (χ2v) is 6.67. The molecule has 2 aromatic rings. The van der Waals surface area contributed by atoms with Gasteiger partial charge >= 0.3 is 0 Å². The van der Waals surface area contributed by atoms with Gasteiger partial charge in [-0.3, -0.25) is 20.2 Å². The topological polar surface area (TPSA) is 93.5 Å². The molecular weight excluding hydrogens is 370 g/mol. The summed E-state index contributed by atoms with van der Waals surface area (Å²) >= 11 is 6.02. The number of amides is 1. The van der Waals surface area contributed by atoms with E-state index in [1.54, 1.807) is 14.0 Å². The molecule has 0 bridgehead atoms.